The number of hydrogen-bond donors (Lipinski definition) is 0. The summed E-state index contributed by atoms with van der Waals surface area (Å²) in [6.07, 6.45) is 7.30. The standard InChI is InChI=1S/C12H15N3O/c1-15-8-10(7-13)11(14-12(15)16)9-5-3-2-4-6-9/h8-9H,2-6H2,1H3. The van der Waals surface area contributed by atoms with Gasteiger partial charge in [-0.25, -0.2) is 4.79 Å². The Balaban J connectivity index is 2.42. The van der Waals surface area contributed by atoms with Crippen LogP contribution < -0.4 is 5.69 Å². The molecule has 1 aliphatic rings. The highest BCUT2D eigenvalue weighted by molar-refractivity contribution is 5.33. The maximum atomic E-state index is 11.5. The highest BCUT2D eigenvalue weighted by atomic mass is 16.1. The monoisotopic (exact) mass is 217 g/mol. The normalized spacial score (nSPS) is 17.0. The van der Waals surface area contributed by atoms with Crippen LogP contribution in [-0.4, -0.2) is 9.55 Å². The van der Waals surface area contributed by atoms with Crippen LogP contribution in [0.1, 0.15) is 49.3 Å². The van der Waals surface area contributed by atoms with Crippen molar-refractivity contribution >= 4 is 0 Å². The first-order valence-corrected chi connectivity index (χ1v) is 5.70. The molecule has 1 aromatic rings. The summed E-state index contributed by atoms with van der Waals surface area (Å²) in [5.41, 5.74) is 0.999. The smallest absolute Gasteiger partial charge is 0.301 e. The summed E-state index contributed by atoms with van der Waals surface area (Å²) in [5.74, 6) is 0.303. The van der Waals surface area contributed by atoms with E-state index in [1.807, 2.05) is 0 Å². The van der Waals surface area contributed by atoms with Crippen LogP contribution in [-0.2, 0) is 7.05 Å². The van der Waals surface area contributed by atoms with Crippen LogP contribution in [0.2, 0.25) is 0 Å². The van der Waals surface area contributed by atoms with Gasteiger partial charge in [0.25, 0.3) is 0 Å². The van der Waals surface area contributed by atoms with Crippen molar-refractivity contribution in [1.29, 1.82) is 5.26 Å². The van der Waals surface area contributed by atoms with Crippen LogP contribution in [0.3, 0.4) is 0 Å². The van der Waals surface area contributed by atoms with Crippen LogP contribution in [0.15, 0.2) is 11.0 Å². The number of hydrogen-bond acceptors (Lipinski definition) is 3. The molecule has 0 N–H and O–H groups in total. The molecule has 2 rings (SSSR count). The van der Waals surface area contributed by atoms with Gasteiger partial charge in [0.15, 0.2) is 0 Å². The first-order valence-electron chi connectivity index (χ1n) is 5.70. The molecule has 84 valence electrons. The Morgan fingerprint density at radius 3 is 2.75 bits per heavy atom. The van der Waals surface area contributed by atoms with Crippen LogP contribution in [0.25, 0.3) is 0 Å². The average molecular weight is 217 g/mol. The number of rotatable bonds is 1. The quantitative estimate of drug-likeness (QED) is 0.719. The summed E-state index contributed by atoms with van der Waals surface area (Å²) in [4.78, 5) is 15.5. The average Bonchev–Trinajstić information content (AvgIpc) is 2.33. The molecule has 0 atom stereocenters. The molecule has 16 heavy (non-hydrogen) atoms. The Bertz CT molecular complexity index is 478. The first kappa shape index (κ1) is 10.9. The zero-order chi connectivity index (χ0) is 11.5. The van der Waals surface area contributed by atoms with Gasteiger partial charge >= 0.3 is 5.69 Å². The number of aromatic nitrogens is 2. The predicted molar refractivity (Wildman–Crippen MR) is 60.0 cm³/mol. The summed E-state index contributed by atoms with van der Waals surface area (Å²) in [6.45, 7) is 0. The van der Waals surface area contributed by atoms with Gasteiger partial charge in [-0.2, -0.15) is 10.2 Å². The van der Waals surface area contributed by atoms with E-state index in [4.69, 9.17) is 5.26 Å². The molecule has 0 amide bonds. The second-order valence-corrected chi connectivity index (χ2v) is 4.38. The van der Waals surface area contributed by atoms with Gasteiger partial charge in [0, 0.05) is 19.2 Å². The number of aryl methyl sites for hydroxylation is 1. The molecule has 1 saturated carbocycles. The zero-order valence-electron chi connectivity index (χ0n) is 9.44. The molecule has 0 aromatic carbocycles. The van der Waals surface area contributed by atoms with Crippen molar-refractivity contribution in [2.45, 2.75) is 38.0 Å². The Labute approximate surface area is 94.5 Å². The minimum Gasteiger partial charge on any atom is -0.301 e. The second kappa shape index (κ2) is 4.48. The fourth-order valence-electron chi connectivity index (χ4n) is 2.33. The lowest BCUT2D eigenvalue weighted by Crippen LogP contribution is -2.24. The Hall–Kier alpha value is -1.63. The van der Waals surface area contributed by atoms with Crippen molar-refractivity contribution in [2.75, 3.05) is 0 Å². The second-order valence-electron chi connectivity index (χ2n) is 4.38. The number of nitrogens with zero attached hydrogens (tertiary/aromatic N) is 3. The lowest BCUT2D eigenvalue weighted by Gasteiger charge is -2.21. The van der Waals surface area contributed by atoms with Gasteiger partial charge < -0.3 is 4.57 Å². The van der Waals surface area contributed by atoms with E-state index < -0.39 is 0 Å². The molecule has 0 spiro atoms. The van der Waals surface area contributed by atoms with E-state index in [0.717, 1.165) is 12.8 Å². The summed E-state index contributed by atoms with van der Waals surface area (Å²) >= 11 is 0. The van der Waals surface area contributed by atoms with E-state index in [-0.39, 0.29) is 5.69 Å². The van der Waals surface area contributed by atoms with Crippen LogP contribution in [0.4, 0.5) is 0 Å². The molecule has 0 unspecified atom stereocenters. The molecule has 0 aliphatic heterocycles. The molecular weight excluding hydrogens is 202 g/mol. The van der Waals surface area contributed by atoms with Crippen LogP contribution in [0, 0.1) is 11.3 Å². The lowest BCUT2D eigenvalue weighted by atomic mass is 9.85. The Morgan fingerprint density at radius 2 is 2.12 bits per heavy atom. The van der Waals surface area contributed by atoms with E-state index in [1.54, 1.807) is 13.2 Å². The zero-order valence-corrected chi connectivity index (χ0v) is 9.44. The molecule has 1 aromatic heterocycles. The third-order valence-electron chi connectivity index (χ3n) is 3.23. The number of nitriles is 1. The summed E-state index contributed by atoms with van der Waals surface area (Å²) in [5, 5.41) is 9.06. The van der Waals surface area contributed by atoms with E-state index in [0.29, 0.717) is 17.2 Å². The Kier molecular flexibility index (Phi) is 3.04. The van der Waals surface area contributed by atoms with Crippen LogP contribution in [0.5, 0.6) is 0 Å². The minimum absolute atomic E-state index is 0.264. The van der Waals surface area contributed by atoms with Crippen molar-refractivity contribution in [2.24, 2.45) is 7.05 Å². The SMILES string of the molecule is Cn1cc(C#N)c(C2CCCCC2)nc1=O. The first-order chi connectivity index (χ1) is 7.72. The van der Waals surface area contributed by atoms with Gasteiger partial charge in [0.05, 0.1) is 11.3 Å². The predicted octanol–water partition coefficient (Wildman–Crippen LogP) is 1.70. The van der Waals surface area contributed by atoms with Gasteiger partial charge in [0.1, 0.15) is 6.07 Å². The molecule has 1 heterocycles. The fraction of sp³-hybridized carbons (Fsp3) is 0.583. The highest BCUT2D eigenvalue weighted by Crippen LogP contribution is 2.32. The van der Waals surface area contributed by atoms with Crippen molar-refractivity contribution in [1.82, 2.24) is 9.55 Å². The van der Waals surface area contributed by atoms with E-state index in [2.05, 4.69) is 11.1 Å². The summed E-state index contributed by atoms with van der Waals surface area (Å²) < 4.78 is 1.37. The highest BCUT2D eigenvalue weighted by Gasteiger charge is 2.20. The van der Waals surface area contributed by atoms with Crippen molar-refractivity contribution in [3.05, 3.63) is 27.9 Å². The summed E-state index contributed by atoms with van der Waals surface area (Å²) in [6, 6.07) is 2.14. The van der Waals surface area contributed by atoms with Gasteiger partial charge in [-0.05, 0) is 12.8 Å². The van der Waals surface area contributed by atoms with Gasteiger partial charge in [-0.15, -0.1) is 0 Å². The molecule has 1 aliphatic carbocycles. The minimum atomic E-state index is -0.264. The van der Waals surface area contributed by atoms with Crippen molar-refractivity contribution in [3.8, 4) is 6.07 Å². The van der Waals surface area contributed by atoms with Crippen molar-refractivity contribution in [3.63, 3.8) is 0 Å². The molecule has 1 fully saturated rings. The Morgan fingerprint density at radius 1 is 1.44 bits per heavy atom. The third kappa shape index (κ3) is 1.99. The van der Waals surface area contributed by atoms with E-state index in [1.165, 1.54) is 23.8 Å². The van der Waals surface area contributed by atoms with E-state index >= 15 is 0 Å². The molecule has 4 nitrogen and oxygen atoms in total. The molecule has 0 saturated heterocycles. The molecular formula is C12H15N3O. The van der Waals surface area contributed by atoms with Gasteiger partial charge in [0.2, 0.25) is 0 Å². The third-order valence-corrected chi connectivity index (χ3v) is 3.23. The molecule has 0 radical (unpaired) electrons. The van der Waals surface area contributed by atoms with Gasteiger partial charge in [-0.3, -0.25) is 0 Å². The summed E-state index contributed by atoms with van der Waals surface area (Å²) in [7, 11) is 1.63. The van der Waals surface area contributed by atoms with Gasteiger partial charge in [-0.1, -0.05) is 19.3 Å². The maximum Gasteiger partial charge on any atom is 0.347 e. The topological polar surface area (TPSA) is 58.7 Å². The van der Waals surface area contributed by atoms with Crippen LogP contribution >= 0.6 is 0 Å². The van der Waals surface area contributed by atoms with Crippen molar-refractivity contribution < 1.29 is 0 Å². The maximum absolute atomic E-state index is 11.5. The molecule has 0 bridgehead atoms. The lowest BCUT2D eigenvalue weighted by molar-refractivity contribution is 0.433. The largest absolute Gasteiger partial charge is 0.347 e. The fourth-order valence-corrected chi connectivity index (χ4v) is 2.33. The van der Waals surface area contributed by atoms with E-state index in [9.17, 15) is 4.79 Å². The molecule has 4 heteroatoms.